The van der Waals surface area contributed by atoms with Gasteiger partial charge in [0.25, 0.3) is 10.0 Å². The van der Waals surface area contributed by atoms with Gasteiger partial charge >= 0.3 is 0 Å². The highest BCUT2D eigenvalue weighted by Crippen LogP contribution is 2.43. The van der Waals surface area contributed by atoms with Crippen molar-refractivity contribution in [2.75, 3.05) is 29.3 Å². The van der Waals surface area contributed by atoms with Gasteiger partial charge in [0.15, 0.2) is 0 Å². The van der Waals surface area contributed by atoms with Gasteiger partial charge in [-0.1, -0.05) is 29.8 Å². The average molecular weight is 532 g/mol. The van der Waals surface area contributed by atoms with Crippen molar-refractivity contribution in [1.29, 1.82) is 0 Å². The van der Waals surface area contributed by atoms with E-state index in [0.29, 0.717) is 40.6 Å². The van der Waals surface area contributed by atoms with Crippen LogP contribution in [0.5, 0.6) is 0 Å². The van der Waals surface area contributed by atoms with Gasteiger partial charge in [-0.3, -0.25) is 9.10 Å². The second-order valence-corrected chi connectivity index (χ2v) is 12.6. The van der Waals surface area contributed by atoms with Gasteiger partial charge in [-0.15, -0.1) is 0 Å². The highest BCUT2D eigenvalue weighted by molar-refractivity contribution is 7.93. The van der Waals surface area contributed by atoms with Crippen LogP contribution >= 0.6 is 11.6 Å². The molecule has 2 aliphatic heterocycles. The number of sulfonamides is 2. The van der Waals surface area contributed by atoms with E-state index in [1.165, 1.54) is 34.6 Å². The molecule has 0 unspecified atom stereocenters. The third kappa shape index (κ3) is 4.31. The number of fused-ring (bicyclic) bond motifs is 3. The van der Waals surface area contributed by atoms with Gasteiger partial charge in [0.2, 0.25) is 15.9 Å². The van der Waals surface area contributed by atoms with Crippen molar-refractivity contribution >= 4 is 48.9 Å². The first-order chi connectivity index (χ1) is 16.7. The Morgan fingerprint density at radius 1 is 0.943 bits per heavy atom. The van der Waals surface area contributed by atoms with E-state index in [-0.39, 0.29) is 9.79 Å². The molecule has 0 spiro atoms. The molecule has 35 heavy (non-hydrogen) atoms. The molecule has 3 aromatic rings. The molecular weight excluding hydrogens is 510 g/mol. The summed E-state index contributed by atoms with van der Waals surface area (Å²) in [5.41, 5.74) is 1.86. The summed E-state index contributed by atoms with van der Waals surface area (Å²) in [6.07, 6.45) is 1.68. The molecule has 182 valence electrons. The molecule has 0 saturated carbocycles. The van der Waals surface area contributed by atoms with Crippen molar-refractivity contribution in [1.82, 2.24) is 4.31 Å². The number of carbonyl (C=O) groups excluding carboxylic acids is 1. The fraction of sp³-hybridized carbons (Fsp3) is 0.208. The zero-order valence-electron chi connectivity index (χ0n) is 18.5. The minimum Gasteiger partial charge on any atom is -0.325 e. The SMILES string of the molecule is O=C(CN1c2ccc(Cl)cc2-c2ccccc2S1(=O)=O)Nc1ccc(S(=O)(=O)N2CCCC2)cc1. The summed E-state index contributed by atoms with van der Waals surface area (Å²) in [4.78, 5) is 13.1. The Hall–Kier alpha value is -2.92. The molecule has 11 heteroatoms. The van der Waals surface area contributed by atoms with Crippen molar-refractivity contribution in [3.05, 3.63) is 71.8 Å². The summed E-state index contributed by atoms with van der Waals surface area (Å²) in [7, 11) is -7.55. The van der Waals surface area contributed by atoms with Crippen LogP contribution < -0.4 is 9.62 Å². The lowest BCUT2D eigenvalue weighted by atomic mass is 10.0. The van der Waals surface area contributed by atoms with Gasteiger partial charge in [0, 0.05) is 34.9 Å². The third-order valence-electron chi connectivity index (χ3n) is 6.10. The van der Waals surface area contributed by atoms with E-state index < -0.39 is 32.5 Å². The smallest absolute Gasteiger partial charge is 0.265 e. The summed E-state index contributed by atoms with van der Waals surface area (Å²) in [6.45, 7) is 0.543. The molecule has 1 amide bonds. The topological polar surface area (TPSA) is 104 Å². The van der Waals surface area contributed by atoms with Gasteiger partial charge < -0.3 is 5.32 Å². The van der Waals surface area contributed by atoms with Gasteiger partial charge in [0.05, 0.1) is 15.5 Å². The molecule has 0 atom stereocenters. The number of rotatable bonds is 5. The van der Waals surface area contributed by atoms with Crippen LogP contribution in [0.1, 0.15) is 12.8 Å². The van der Waals surface area contributed by atoms with Crippen LogP contribution in [0.15, 0.2) is 76.5 Å². The van der Waals surface area contributed by atoms with Crippen LogP contribution in [0.25, 0.3) is 11.1 Å². The molecule has 1 fully saturated rings. The number of benzene rings is 3. The largest absolute Gasteiger partial charge is 0.325 e. The highest BCUT2D eigenvalue weighted by Gasteiger charge is 2.36. The normalized spacial score (nSPS) is 17.0. The molecule has 0 bridgehead atoms. The third-order valence-corrected chi connectivity index (χ3v) is 10.1. The molecule has 2 heterocycles. The monoisotopic (exact) mass is 531 g/mol. The van der Waals surface area contributed by atoms with E-state index in [1.54, 1.807) is 36.4 Å². The summed E-state index contributed by atoms with van der Waals surface area (Å²) in [6, 6.07) is 17.3. The van der Waals surface area contributed by atoms with Gasteiger partial charge in [0.1, 0.15) is 6.54 Å². The van der Waals surface area contributed by atoms with E-state index >= 15 is 0 Å². The van der Waals surface area contributed by atoms with Crippen molar-refractivity contribution in [2.24, 2.45) is 0 Å². The first-order valence-electron chi connectivity index (χ1n) is 11.0. The van der Waals surface area contributed by atoms with Crippen molar-refractivity contribution in [2.45, 2.75) is 22.6 Å². The van der Waals surface area contributed by atoms with E-state index in [2.05, 4.69) is 5.32 Å². The predicted molar refractivity (Wildman–Crippen MR) is 134 cm³/mol. The lowest BCUT2D eigenvalue weighted by Crippen LogP contribution is -2.40. The van der Waals surface area contributed by atoms with Crippen LogP contribution in [0.3, 0.4) is 0 Å². The van der Waals surface area contributed by atoms with Crippen molar-refractivity contribution in [3.63, 3.8) is 0 Å². The lowest BCUT2D eigenvalue weighted by molar-refractivity contribution is -0.114. The molecule has 1 N–H and O–H groups in total. The molecule has 5 rings (SSSR count). The fourth-order valence-electron chi connectivity index (χ4n) is 4.39. The quantitative estimate of drug-likeness (QED) is 0.537. The minimum absolute atomic E-state index is 0.0963. The Bertz CT molecular complexity index is 1520. The Labute approximate surface area is 209 Å². The maximum absolute atomic E-state index is 13.4. The number of hydrogen-bond acceptors (Lipinski definition) is 5. The second-order valence-electron chi connectivity index (χ2n) is 8.35. The maximum Gasteiger partial charge on any atom is 0.265 e. The summed E-state index contributed by atoms with van der Waals surface area (Å²) in [5, 5.41) is 3.11. The van der Waals surface area contributed by atoms with E-state index in [0.717, 1.165) is 17.1 Å². The standard InChI is InChI=1S/C24H22ClN3O5S2/c25-17-7-12-22-21(15-17)20-5-1-2-6-23(20)35(32,33)28(22)16-24(29)26-18-8-10-19(11-9-18)34(30,31)27-13-3-4-14-27/h1-2,5-12,15H,3-4,13-14,16H2,(H,26,29). The molecule has 2 aliphatic rings. The Morgan fingerprint density at radius 2 is 1.63 bits per heavy atom. The number of anilines is 2. The summed E-state index contributed by atoms with van der Waals surface area (Å²) >= 11 is 6.17. The molecule has 3 aromatic carbocycles. The lowest BCUT2D eigenvalue weighted by Gasteiger charge is -2.31. The number of halogens is 1. The molecule has 1 saturated heterocycles. The van der Waals surface area contributed by atoms with Gasteiger partial charge in [-0.05, 0) is 61.4 Å². The number of nitrogens with one attached hydrogen (secondary N) is 1. The molecule has 0 radical (unpaired) electrons. The predicted octanol–water partition coefficient (Wildman–Crippen LogP) is 3.94. The number of nitrogens with zero attached hydrogens (tertiary/aromatic N) is 2. The van der Waals surface area contributed by atoms with Crippen LogP contribution in [0.2, 0.25) is 5.02 Å². The zero-order chi connectivity index (χ0) is 24.8. The second kappa shape index (κ2) is 8.94. The molecule has 0 aromatic heterocycles. The molecule has 8 nitrogen and oxygen atoms in total. The Kier molecular flexibility index (Phi) is 6.08. The first-order valence-corrected chi connectivity index (χ1v) is 14.3. The fourth-order valence-corrected chi connectivity index (χ4v) is 7.73. The molecule has 0 aliphatic carbocycles. The van der Waals surface area contributed by atoms with Gasteiger partial charge in [-0.25, -0.2) is 16.8 Å². The summed E-state index contributed by atoms with van der Waals surface area (Å²) < 4.78 is 54.6. The Morgan fingerprint density at radius 3 is 2.34 bits per heavy atom. The minimum atomic E-state index is -3.99. The van der Waals surface area contributed by atoms with Crippen molar-refractivity contribution < 1.29 is 21.6 Å². The van der Waals surface area contributed by atoms with Crippen molar-refractivity contribution in [3.8, 4) is 11.1 Å². The van der Waals surface area contributed by atoms with Crippen LogP contribution in [-0.2, 0) is 24.8 Å². The number of hydrogen-bond donors (Lipinski definition) is 1. The number of carbonyl (C=O) groups is 1. The van der Waals surface area contributed by atoms with Crippen LogP contribution in [-0.4, -0.2) is 46.7 Å². The highest BCUT2D eigenvalue weighted by atomic mass is 35.5. The van der Waals surface area contributed by atoms with Gasteiger partial charge in [-0.2, -0.15) is 4.31 Å². The van der Waals surface area contributed by atoms with E-state index in [9.17, 15) is 21.6 Å². The van der Waals surface area contributed by atoms with E-state index in [1.807, 2.05) is 0 Å². The maximum atomic E-state index is 13.4. The Balaban J connectivity index is 1.38. The summed E-state index contributed by atoms with van der Waals surface area (Å²) in [5.74, 6) is -0.566. The molecular formula is C24H22ClN3O5S2. The average Bonchev–Trinajstić information content (AvgIpc) is 3.39. The zero-order valence-corrected chi connectivity index (χ0v) is 20.9. The van der Waals surface area contributed by atoms with Crippen LogP contribution in [0.4, 0.5) is 11.4 Å². The van der Waals surface area contributed by atoms with Crippen LogP contribution in [0, 0.1) is 0 Å². The first kappa shape index (κ1) is 23.8. The number of amides is 1. The van der Waals surface area contributed by atoms with E-state index in [4.69, 9.17) is 11.6 Å².